The van der Waals surface area contributed by atoms with Crippen LogP contribution in [0.5, 0.6) is 0 Å². The normalized spacial score (nSPS) is 8.43. The molecule has 0 unspecified atom stereocenters. The Morgan fingerprint density at radius 3 is 1.14 bits per heavy atom. The number of phosphoric acid groups is 1. The van der Waals surface area contributed by atoms with E-state index in [1.54, 1.807) is 0 Å². The van der Waals surface area contributed by atoms with E-state index in [-0.39, 0.29) is 51.3 Å². The van der Waals surface area contributed by atoms with Crippen molar-refractivity contribution in [1.82, 2.24) is 0 Å². The fourth-order valence-corrected chi connectivity index (χ4v) is 0. The van der Waals surface area contributed by atoms with E-state index in [1.807, 2.05) is 0 Å². The average molecular weight is 166 g/mol. The Balaban J connectivity index is -0.0000000800. The molecule has 0 radical (unpaired) electrons. The molecule has 4 nitrogen and oxygen atoms in total. The van der Waals surface area contributed by atoms with Gasteiger partial charge in [0.2, 0.25) is 0 Å². The van der Waals surface area contributed by atoms with Crippen LogP contribution in [0.3, 0.4) is 0 Å². The maximum Gasteiger partial charge on any atom is 2.00 e. The largest absolute Gasteiger partial charge is 2.00 e. The van der Waals surface area contributed by atoms with Crippen molar-refractivity contribution in [2.24, 2.45) is 0 Å². The minimum Gasteiger partial charge on any atom is -0.822 e. The van der Waals surface area contributed by atoms with Crippen LogP contribution in [0.2, 0.25) is 0 Å². The van der Waals surface area contributed by atoms with Crippen LogP contribution >= 0.6 is 7.82 Å². The zero-order chi connectivity index (χ0) is 4.50. The van der Waals surface area contributed by atoms with Crippen LogP contribution < -0.4 is 44.2 Å². The molecule has 0 heterocycles. The number of hydrogen-bond donors (Lipinski definition) is 0. The molecule has 0 rings (SSSR count). The molecular weight excluding hydrogens is 166 g/mol. The van der Waals surface area contributed by atoms with Crippen molar-refractivity contribution >= 4 is 7.82 Å². The molecule has 0 atom stereocenters. The molecule has 0 saturated heterocycles. The van der Waals surface area contributed by atoms with Gasteiger partial charge in [-0.05, 0) is 0 Å². The second-order valence-electron chi connectivity index (χ2n) is 0.447. The molecule has 0 aliphatic rings. The Labute approximate surface area is 77.7 Å². The minimum absolute atomic E-state index is 0. The van der Waals surface area contributed by atoms with E-state index in [4.69, 9.17) is 19.2 Å². The molecule has 0 aromatic heterocycles. The van der Waals surface area contributed by atoms with Gasteiger partial charge in [0, 0.05) is 0 Å². The van der Waals surface area contributed by atoms with E-state index < -0.39 is 7.82 Å². The van der Waals surface area contributed by atoms with Crippen molar-refractivity contribution < 1.29 is 70.5 Å². The van der Waals surface area contributed by atoms with Crippen LogP contribution in [0.15, 0.2) is 0 Å². The van der Waals surface area contributed by atoms with Gasteiger partial charge < -0.3 is 19.2 Å². The second kappa shape index (κ2) is 5.95. The standard InChI is InChI=1S/Na.H3O4P.Ti/c;1-5(2,3)4;/h;(H3,1,2,3,4);/q+1;;+2/p-3. The molecular formula is NaO4PTi. The Hall–Kier alpha value is 1.82. The van der Waals surface area contributed by atoms with Gasteiger partial charge in [-0.15, -0.1) is 0 Å². The van der Waals surface area contributed by atoms with Crippen LogP contribution in [0.25, 0.3) is 0 Å². The zero-order valence-electron chi connectivity index (χ0n) is 3.58. The molecule has 0 fully saturated rings. The summed E-state index contributed by atoms with van der Waals surface area (Å²) in [6.45, 7) is 0. The summed E-state index contributed by atoms with van der Waals surface area (Å²) in [7, 11) is -5.39. The summed E-state index contributed by atoms with van der Waals surface area (Å²) in [5.74, 6) is 0. The van der Waals surface area contributed by atoms with Crippen molar-refractivity contribution in [2.75, 3.05) is 0 Å². The van der Waals surface area contributed by atoms with Gasteiger partial charge in [0.15, 0.2) is 0 Å². The molecule has 34 valence electrons. The van der Waals surface area contributed by atoms with Gasteiger partial charge in [-0.1, -0.05) is 0 Å². The predicted molar refractivity (Wildman–Crippen MR) is 7.61 cm³/mol. The zero-order valence-corrected chi connectivity index (χ0v) is 8.04. The summed E-state index contributed by atoms with van der Waals surface area (Å²) in [5, 5.41) is 0. The summed E-state index contributed by atoms with van der Waals surface area (Å²) in [4.78, 5) is 25.6. The van der Waals surface area contributed by atoms with Gasteiger partial charge in [-0.25, -0.2) is 0 Å². The minimum atomic E-state index is -5.39. The first-order valence-corrected chi connectivity index (χ1v) is 2.19. The van der Waals surface area contributed by atoms with Gasteiger partial charge in [0.1, 0.15) is 0 Å². The van der Waals surface area contributed by atoms with Gasteiger partial charge in [-0.2, -0.15) is 7.82 Å². The number of rotatable bonds is 0. The molecule has 0 aliphatic heterocycles. The molecule has 0 aromatic rings. The van der Waals surface area contributed by atoms with Gasteiger partial charge in [0.25, 0.3) is 0 Å². The fraction of sp³-hybridized carbons (Fsp3) is 0. The first-order valence-electron chi connectivity index (χ1n) is 0.730. The first kappa shape index (κ1) is 15.9. The van der Waals surface area contributed by atoms with Crippen molar-refractivity contribution in [3.8, 4) is 0 Å². The Kier molecular flexibility index (Phi) is 13.5. The maximum absolute atomic E-state index is 8.55. The molecule has 0 spiro atoms. The molecule has 0 aromatic carbocycles. The van der Waals surface area contributed by atoms with E-state index in [0.29, 0.717) is 0 Å². The topological polar surface area (TPSA) is 86.2 Å². The number of hydrogen-bond acceptors (Lipinski definition) is 4. The third-order valence-electron chi connectivity index (χ3n) is 0. The van der Waals surface area contributed by atoms with E-state index >= 15 is 0 Å². The van der Waals surface area contributed by atoms with Crippen molar-refractivity contribution in [1.29, 1.82) is 0 Å². The monoisotopic (exact) mass is 166 g/mol. The summed E-state index contributed by atoms with van der Waals surface area (Å²) in [6.07, 6.45) is 0. The van der Waals surface area contributed by atoms with E-state index in [0.717, 1.165) is 0 Å². The fourth-order valence-electron chi connectivity index (χ4n) is 0. The molecule has 0 saturated carbocycles. The molecule has 0 bridgehead atoms. The van der Waals surface area contributed by atoms with Gasteiger partial charge >= 0.3 is 51.3 Å². The SMILES string of the molecule is O=P([O-])([O-])[O-].[Na+].[Ti+2]. The van der Waals surface area contributed by atoms with Gasteiger partial charge in [0.05, 0.1) is 0 Å². The van der Waals surface area contributed by atoms with Crippen LogP contribution in [-0.2, 0) is 26.3 Å². The summed E-state index contributed by atoms with van der Waals surface area (Å²) < 4.78 is 8.55. The van der Waals surface area contributed by atoms with Crippen LogP contribution in [0.4, 0.5) is 0 Å². The summed E-state index contributed by atoms with van der Waals surface area (Å²) in [5.41, 5.74) is 0. The van der Waals surface area contributed by atoms with Gasteiger partial charge in [-0.3, -0.25) is 0 Å². The molecule has 0 amide bonds. The summed E-state index contributed by atoms with van der Waals surface area (Å²) in [6, 6.07) is 0. The van der Waals surface area contributed by atoms with Crippen molar-refractivity contribution in [3.63, 3.8) is 0 Å². The molecule has 0 aliphatic carbocycles. The second-order valence-corrected chi connectivity index (χ2v) is 1.34. The Bertz CT molecular complexity index is 57.8. The molecule has 7 heteroatoms. The summed E-state index contributed by atoms with van der Waals surface area (Å²) >= 11 is 0. The smallest absolute Gasteiger partial charge is 0.822 e. The molecule has 0 N–H and O–H groups in total. The average Bonchev–Trinajstić information content (AvgIpc) is 0.722. The maximum atomic E-state index is 8.55. The van der Waals surface area contributed by atoms with Crippen LogP contribution in [-0.4, -0.2) is 0 Å². The Morgan fingerprint density at radius 2 is 1.14 bits per heavy atom. The van der Waals surface area contributed by atoms with Crippen LogP contribution in [0, 0.1) is 0 Å². The van der Waals surface area contributed by atoms with E-state index in [1.165, 1.54) is 0 Å². The van der Waals surface area contributed by atoms with Crippen molar-refractivity contribution in [3.05, 3.63) is 0 Å². The predicted octanol–water partition coefficient (Wildman–Crippen LogP) is -5.82. The van der Waals surface area contributed by atoms with E-state index in [2.05, 4.69) is 0 Å². The third kappa shape index (κ3) is 79.8. The quantitative estimate of drug-likeness (QED) is 0.265. The Morgan fingerprint density at radius 1 is 1.14 bits per heavy atom. The van der Waals surface area contributed by atoms with Crippen LogP contribution in [0.1, 0.15) is 0 Å². The van der Waals surface area contributed by atoms with E-state index in [9.17, 15) is 0 Å². The molecule has 7 heavy (non-hydrogen) atoms. The van der Waals surface area contributed by atoms with Crippen molar-refractivity contribution in [2.45, 2.75) is 0 Å². The first-order chi connectivity index (χ1) is 2.00. The third-order valence-corrected chi connectivity index (χ3v) is 0.